The van der Waals surface area contributed by atoms with Crippen molar-refractivity contribution in [1.29, 1.82) is 5.26 Å². The Labute approximate surface area is 131 Å². The van der Waals surface area contributed by atoms with Crippen molar-refractivity contribution in [3.05, 3.63) is 30.1 Å². The first-order chi connectivity index (χ1) is 10.4. The van der Waals surface area contributed by atoms with E-state index in [-0.39, 0.29) is 12.3 Å². The number of nitrogens with zero attached hydrogens (tertiary/aromatic N) is 3. The van der Waals surface area contributed by atoms with Crippen LogP contribution in [-0.4, -0.2) is 42.2 Å². The molecule has 1 fully saturated rings. The summed E-state index contributed by atoms with van der Waals surface area (Å²) in [6, 6.07) is 5.59. The maximum atomic E-state index is 12.5. The quantitative estimate of drug-likeness (QED) is 0.855. The van der Waals surface area contributed by atoms with E-state index in [2.05, 4.69) is 11.1 Å². The van der Waals surface area contributed by atoms with E-state index in [1.165, 1.54) is 13.2 Å². The molecule has 1 aromatic heterocycles. The van der Waals surface area contributed by atoms with E-state index < -0.39 is 21.5 Å². The first kappa shape index (κ1) is 16.9. The highest BCUT2D eigenvalue weighted by Gasteiger charge is 2.40. The highest BCUT2D eigenvalue weighted by molar-refractivity contribution is 7.89. The molecule has 0 radical (unpaired) electrons. The molecule has 0 bridgehead atoms. The fraction of sp³-hybridized carbons (Fsp3) is 0.600. The predicted molar refractivity (Wildman–Crippen MR) is 82.1 cm³/mol. The van der Waals surface area contributed by atoms with Gasteiger partial charge in [-0.05, 0) is 18.9 Å². The monoisotopic (exact) mass is 323 g/mol. The number of aliphatic hydroxyl groups is 1. The number of pyridine rings is 1. The minimum absolute atomic E-state index is 0.0461. The van der Waals surface area contributed by atoms with E-state index in [9.17, 15) is 18.8 Å². The summed E-state index contributed by atoms with van der Waals surface area (Å²) in [5, 5.41) is 19.5. The first-order valence-corrected chi connectivity index (χ1v) is 8.93. The van der Waals surface area contributed by atoms with E-state index in [0.29, 0.717) is 18.4 Å². The highest BCUT2D eigenvalue weighted by Crippen LogP contribution is 2.39. The molecule has 1 saturated carbocycles. The van der Waals surface area contributed by atoms with Crippen molar-refractivity contribution >= 4 is 10.0 Å². The van der Waals surface area contributed by atoms with Gasteiger partial charge in [0.15, 0.2) is 0 Å². The van der Waals surface area contributed by atoms with Gasteiger partial charge in [-0.25, -0.2) is 12.7 Å². The molecule has 0 aliphatic heterocycles. The van der Waals surface area contributed by atoms with Gasteiger partial charge in [-0.15, -0.1) is 0 Å². The molecule has 22 heavy (non-hydrogen) atoms. The van der Waals surface area contributed by atoms with Crippen LogP contribution in [-0.2, 0) is 10.0 Å². The number of aliphatic hydroxyl groups excluding tert-OH is 1. The average molecular weight is 323 g/mol. The Balaban J connectivity index is 2.05. The van der Waals surface area contributed by atoms with Gasteiger partial charge in [0.05, 0.1) is 23.3 Å². The lowest BCUT2D eigenvalue weighted by molar-refractivity contribution is 0.154. The molecular weight excluding hydrogens is 302 g/mol. The van der Waals surface area contributed by atoms with Crippen LogP contribution in [0.1, 0.15) is 37.4 Å². The van der Waals surface area contributed by atoms with Crippen LogP contribution in [0.2, 0.25) is 0 Å². The molecular formula is C15H21N3O3S. The van der Waals surface area contributed by atoms with Crippen LogP contribution >= 0.6 is 0 Å². The number of nitriles is 1. The summed E-state index contributed by atoms with van der Waals surface area (Å²) in [7, 11) is -2.15. The molecule has 0 spiro atoms. The van der Waals surface area contributed by atoms with Crippen molar-refractivity contribution in [2.75, 3.05) is 19.3 Å². The van der Waals surface area contributed by atoms with E-state index >= 15 is 0 Å². The van der Waals surface area contributed by atoms with Gasteiger partial charge in [0, 0.05) is 31.5 Å². The Bertz CT molecular complexity index is 634. The molecule has 120 valence electrons. The smallest absolute Gasteiger partial charge is 0.215 e. The lowest BCUT2D eigenvalue weighted by atomic mass is 9.91. The van der Waals surface area contributed by atoms with E-state index in [0.717, 1.165) is 17.1 Å². The van der Waals surface area contributed by atoms with Gasteiger partial charge >= 0.3 is 0 Å². The molecule has 0 saturated heterocycles. The van der Waals surface area contributed by atoms with Crippen molar-refractivity contribution in [3.8, 4) is 6.07 Å². The Hall–Kier alpha value is -1.49. The maximum absolute atomic E-state index is 12.5. The van der Waals surface area contributed by atoms with Crippen LogP contribution in [0.5, 0.6) is 0 Å². The summed E-state index contributed by atoms with van der Waals surface area (Å²) < 4.78 is 26.1. The zero-order chi connectivity index (χ0) is 16.2. The molecule has 1 aliphatic carbocycles. The zero-order valence-electron chi connectivity index (χ0n) is 12.6. The fourth-order valence-corrected chi connectivity index (χ4v) is 4.48. The summed E-state index contributed by atoms with van der Waals surface area (Å²) in [5.41, 5.74) is -0.202. The summed E-state index contributed by atoms with van der Waals surface area (Å²) >= 11 is 0. The molecule has 1 N–H and O–H groups in total. The first-order valence-electron chi connectivity index (χ1n) is 7.32. The Morgan fingerprint density at radius 1 is 1.50 bits per heavy atom. The van der Waals surface area contributed by atoms with Gasteiger partial charge in [0.2, 0.25) is 10.0 Å². The van der Waals surface area contributed by atoms with Gasteiger partial charge in [-0.2, -0.15) is 5.26 Å². The molecule has 1 aromatic rings. The maximum Gasteiger partial charge on any atom is 0.215 e. The van der Waals surface area contributed by atoms with Crippen molar-refractivity contribution in [3.63, 3.8) is 0 Å². The van der Waals surface area contributed by atoms with Crippen molar-refractivity contribution < 1.29 is 13.5 Å². The zero-order valence-corrected chi connectivity index (χ0v) is 13.5. The molecule has 0 amide bonds. The second-order valence-electron chi connectivity index (χ2n) is 5.94. The van der Waals surface area contributed by atoms with Gasteiger partial charge in [-0.3, -0.25) is 4.98 Å². The van der Waals surface area contributed by atoms with Crippen molar-refractivity contribution in [1.82, 2.24) is 9.29 Å². The van der Waals surface area contributed by atoms with Crippen LogP contribution in [0, 0.1) is 16.7 Å². The number of sulfonamides is 1. The highest BCUT2D eigenvalue weighted by atomic mass is 32.2. The third-order valence-electron chi connectivity index (χ3n) is 4.23. The van der Waals surface area contributed by atoms with Crippen LogP contribution in [0.25, 0.3) is 0 Å². The molecule has 1 unspecified atom stereocenters. The van der Waals surface area contributed by atoms with Crippen LogP contribution in [0.4, 0.5) is 0 Å². The summed E-state index contributed by atoms with van der Waals surface area (Å²) in [6.45, 7) is -0.0461. The topological polar surface area (TPSA) is 94.3 Å². The third-order valence-corrected chi connectivity index (χ3v) is 6.25. The van der Waals surface area contributed by atoms with E-state index in [4.69, 9.17) is 0 Å². The molecule has 7 heteroatoms. The molecule has 1 atom stereocenters. The SMILES string of the molecule is CN(CC(O)c1cccnc1)S(=O)(=O)CC1(C#N)CCCC1. The lowest BCUT2D eigenvalue weighted by Gasteiger charge is -2.26. The lowest BCUT2D eigenvalue weighted by Crippen LogP contribution is -2.38. The number of hydrogen-bond donors (Lipinski definition) is 1. The van der Waals surface area contributed by atoms with Crippen molar-refractivity contribution in [2.45, 2.75) is 31.8 Å². The fourth-order valence-electron chi connectivity index (χ4n) is 2.84. The Morgan fingerprint density at radius 2 is 2.18 bits per heavy atom. The third kappa shape index (κ3) is 3.83. The summed E-state index contributed by atoms with van der Waals surface area (Å²) in [6.07, 6.45) is 5.21. The number of hydrogen-bond acceptors (Lipinski definition) is 5. The molecule has 6 nitrogen and oxygen atoms in total. The van der Waals surface area contributed by atoms with Crippen LogP contribution < -0.4 is 0 Å². The van der Waals surface area contributed by atoms with Gasteiger partial charge in [0.25, 0.3) is 0 Å². The molecule has 2 rings (SSSR count). The van der Waals surface area contributed by atoms with Crippen molar-refractivity contribution in [2.24, 2.45) is 5.41 Å². The minimum atomic E-state index is -3.59. The normalized spacial score (nSPS) is 19.0. The number of aromatic nitrogens is 1. The van der Waals surface area contributed by atoms with Gasteiger partial charge in [-0.1, -0.05) is 18.9 Å². The molecule has 0 aromatic carbocycles. The molecule has 1 aliphatic rings. The predicted octanol–water partition coefficient (Wildman–Crippen LogP) is 1.46. The number of rotatable bonds is 6. The van der Waals surface area contributed by atoms with Crippen LogP contribution in [0.3, 0.4) is 0 Å². The van der Waals surface area contributed by atoms with E-state index in [1.807, 2.05) is 0 Å². The Morgan fingerprint density at radius 3 is 2.73 bits per heavy atom. The molecule has 1 heterocycles. The second kappa shape index (κ2) is 6.73. The summed E-state index contributed by atoms with van der Waals surface area (Å²) in [5.74, 6) is -0.174. The Kier molecular flexibility index (Phi) is 5.16. The van der Waals surface area contributed by atoms with Gasteiger partial charge in [0.1, 0.15) is 0 Å². The second-order valence-corrected chi connectivity index (χ2v) is 8.01. The standard InChI is InChI=1S/C15H21N3O3S/c1-18(10-14(19)13-5-4-8-17-9-13)22(20,21)12-15(11-16)6-2-3-7-15/h4-5,8-9,14,19H,2-3,6-7,10,12H2,1H3. The van der Waals surface area contributed by atoms with Gasteiger partial charge < -0.3 is 5.11 Å². The summed E-state index contributed by atoms with van der Waals surface area (Å²) in [4.78, 5) is 3.91. The van der Waals surface area contributed by atoms with Crippen LogP contribution in [0.15, 0.2) is 24.5 Å². The van der Waals surface area contributed by atoms with E-state index in [1.54, 1.807) is 18.3 Å². The minimum Gasteiger partial charge on any atom is -0.387 e. The number of likely N-dealkylation sites (N-methyl/N-ethyl adjacent to an activating group) is 1. The largest absolute Gasteiger partial charge is 0.387 e. The average Bonchev–Trinajstić information content (AvgIpc) is 2.96.